The number of rotatable bonds is 2. The Labute approximate surface area is 88.0 Å². The van der Waals surface area contributed by atoms with Crippen LogP contribution in [-0.2, 0) is 14.3 Å². The second-order valence-electron chi connectivity index (χ2n) is 4.25. The number of hydrogen-bond acceptors (Lipinski definition) is 4. The van der Waals surface area contributed by atoms with Crippen LogP contribution in [-0.4, -0.2) is 47.2 Å². The summed E-state index contributed by atoms with van der Waals surface area (Å²) in [4.78, 5) is 24.2. The molecule has 0 radical (unpaired) electrons. The lowest BCUT2D eigenvalue weighted by atomic mass is 10.0. The molecule has 1 unspecified atom stereocenters. The lowest BCUT2D eigenvalue weighted by molar-refractivity contribution is -0.152. The topological polar surface area (TPSA) is 66.8 Å². The lowest BCUT2D eigenvalue weighted by Gasteiger charge is -2.31. The van der Waals surface area contributed by atoms with Gasteiger partial charge in [-0.05, 0) is 6.42 Å². The first-order valence-corrected chi connectivity index (χ1v) is 5.24. The molecule has 5 heteroatoms. The summed E-state index contributed by atoms with van der Waals surface area (Å²) in [6.07, 6.45) is 1.93. The van der Waals surface area contributed by atoms with E-state index in [1.807, 2.05) is 0 Å². The highest BCUT2D eigenvalue weighted by atomic mass is 16.5. The molecule has 0 bridgehead atoms. The Morgan fingerprint density at radius 2 is 2.00 bits per heavy atom. The summed E-state index contributed by atoms with van der Waals surface area (Å²) in [7, 11) is 0. The predicted octanol–water partition coefficient (Wildman–Crippen LogP) is -0.323. The number of aliphatic hydroxyl groups is 1. The van der Waals surface area contributed by atoms with E-state index in [0.717, 1.165) is 0 Å². The number of carbonyl (C=O) groups is 2. The fourth-order valence-electron chi connectivity index (χ4n) is 1.99. The third-order valence-electron chi connectivity index (χ3n) is 2.92. The van der Waals surface area contributed by atoms with Gasteiger partial charge in [-0.15, -0.1) is 0 Å². The molecule has 1 N–H and O–H groups in total. The third-order valence-corrected chi connectivity index (χ3v) is 2.92. The monoisotopic (exact) mass is 213 g/mol. The molecule has 2 rings (SSSR count). The highest BCUT2D eigenvalue weighted by Crippen LogP contribution is 2.22. The molecule has 1 atom stereocenters. The number of ether oxygens (including phenoxy) is 1. The summed E-state index contributed by atoms with van der Waals surface area (Å²) in [6, 6.07) is 0. The average Bonchev–Trinajstić information content (AvgIpc) is 2.60. The van der Waals surface area contributed by atoms with Crippen LogP contribution in [0.3, 0.4) is 0 Å². The maximum Gasteiger partial charge on any atom is 0.229 e. The van der Waals surface area contributed by atoms with E-state index < -0.39 is 5.60 Å². The van der Waals surface area contributed by atoms with Crippen LogP contribution in [0.5, 0.6) is 0 Å². The van der Waals surface area contributed by atoms with E-state index in [0.29, 0.717) is 32.3 Å². The maximum atomic E-state index is 11.5. The van der Waals surface area contributed by atoms with Crippen molar-refractivity contribution in [1.82, 2.24) is 4.90 Å². The van der Waals surface area contributed by atoms with Crippen molar-refractivity contribution in [1.29, 1.82) is 0 Å². The number of nitrogens with zero attached hydrogens (tertiary/aromatic N) is 1. The van der Waals surface area contributed by atoms with Gasteiger partial charge >= 0.3 is 0 Å². The number of imide groups is 1. The van der Waals surface area contributed by atoms with Gasteiger partial charge in [-0.25, -0.2) is 0 Å². The SMILES string of the molecule is O=C1CCCC(=O)N1CC1(O)CCOC1. The molecule has 84 valence electrons. The van der Waals surface area contributed by atoms with E-state index in [2.05, 4.69) is 0 Å². The van der Waals surface area contributed by atoms with Gasteiger partial charge in [0.2, 0.25) is 11.8 Å². The quantitative estimate of drug-likeness (QED) is 0.638. The summed E-state index contributed by atoms with van der Waals surface area (Å²) in [5, 5.41) is 10.0. The second-order valence-corrected chi connectivity index (χ2v) is 4.25. The van der Waals surface area contributed by atoms with Crippen LogP contribution in [0.25, 0.3) is 0 Å². The zero-order valence-electron chi connectivity index (χ0n) is 8.57. The highest BCUT2D eigenvalue weighted by molar-refractivity contribution is 5.97. The van der Waals surface area contributed by atoms with Crippen molar-refractivity contribution >= 4 is 11.8 Å². The molecule has 5 nitrogen and oxygen atoms in total. The smallest absolute Gasteiger partial charge is 0.229 e. The summed E-state index contributed by atoms with van der Waals surface area (Å²) in [6.45, 7) is 0.793. The first-order valence-electron chi connectivity index (χ1n) is 5.24. The molecule has 2 aliphatic rings. The summed E-state index contributed by atoms with van der Waals surface area (Å²) < 4.78 is 5.07. The van der Waals surface area contributed by atoms with Gasteiger partial charge in [0, 0.05) is 25.9 Å². The van der Waals surface area contributed by atoms with Crippen LogP contribution in [0.4, 0.5) is 0 Å². The lowest BCUT2D eigenvalue weighted by Crippen LogP contribution is -2.50. The first-order chi connectivity index (χ1) is 7.11. The fraction of sp³-hybridized carbons (Fsp3) is 0.800. The molecule has 2 heterocycles. The Morgan fingerprint density at radius 3 is 2.53 bits per heavy atom. The van der Waals surface area contributed by atoms with Crippen LogP contribution in [0, 0.1) is 0 Å². The van der Waals surface area contributed by atoms with E-state index in [1.54, 1.807) is 0 Å². The molecular formula is C10H15NO4. The molecule has 2 aliphatic heterocycles. The molecule has 0 spiro atoms. The minimum absolute atomic E-state index is 0.0880. The van der Waals surface area contributed by atoms with Crippen LogP contribution >= 0.6 is 0 Å². The van der Waals surface area contributed by atoms with Gasteiger partial charge < -0.3 is 9.84 Å². The second kappa shape index (κ2) is 3.90. The Balaban J connectivity index is 2.02. The van der Waals surface area contributed by atoms with Crippen molar-refractivity contribution in [2.45, 2.75) is 31.3 Å². The Morgan fingerprint density at radius 1 is 1.33 bits per heavy atom. The van der Waals surface area contributed by atoms with E-state index in [9.17, 15) is 14.7 Å². The first kappa shape index (κ1) is 10.6. The number of likely N-dealkylation sites (tertiary alicyclic amines) is 1. The standard InChI is InChI=1S/C10H15NO4/c12-8-2-1-3-9(13)11(8)6-10(14)4-5-15-7-10/h14H,1-7H2. The van der Waals surface area contributed by atoms with Gasteiger partial charge in [0.15, 0.2) is 0 Å². The van der Waals surface area contributed by atoms with E-state index >= 15 is 0 Å². The van der Waals surface area contributed by atoms with Gasteiger partial charge in [0.05, 0.1) is 13.2 Å². The van der Waals surface area contributed by atoms with Gasteiger partial charge in [-0.2, -0.15) is 0 Å². The molecule has 15 heavy (non-hydrogen) atoms. The number of carbonyl (C=O) groups excluding carboxylic acids is 2. The molecule has 0 aliphatic carbocycles. The zero-order valence-corrected chi connectivity index (χ0v) is 8.57. The molecule has 0 aromatic carbocycles. The average molecular weight is 213 g/mol. The van der Waals surface area contributed by atoms with E-state index in [4.69, 9.17) is 4.74 Å². The van der Waals surface area contributed by atoms with Gasteiger partial charge in [-0.1, -0.05) is 0 Å². The maximum absolute atomic E-state index is 11.5. The van der Waals surface area contributed by atoms with Crippen molar-refractivity contribution < 1.29 is 19.4 Å². The zero-order chi connectivity index (χ0) is 10.9. The minimum atomic E-state index is -1.03. The normalized spacial score (nSPS) is 32.5. The summed E-state index contributed by atoms with van der Waals surface area (Å²) >= 11 is 0. The van der Waals surface area contributed by atoms with E-state index in [1.165, 1.54) is 4.90 Å². The number of amides is 2. The number of β-amino-alcohol motifs (C(OH)–C–C–N with tert-alkyl or cyclic N) is 1. The molecule has 0 aromatic heterocycles. The van der Waals surface area contributed by atoms with Gasteiger partial charge in [-0.3, -0.25) is 14.5 Å². The molecule has 2 saturated heterocycles. The Bertz CT molecular complexity index is 267. The van der Waals surface area contributed by atoms with Crippen molar-refractivity contribution in [3.8, 4) is 0 Å². The predicted molar refractivity (Wildman–Crippen MR) is 51.0 cm³/mol. The Hall–Kier alpha value is -0.940. The summed E-state index contributed by atoms with van der Waals surface area (Å²) in [5.41, 5.74) is -1.03. The van der Waals surface area contributed by atoms with Crippen molar-refractivity contribution in [2.75, 3.05) is 19.8 Å². The van der Waals surface area contributed by atoms with Crippen LogP contribution in [0.2, 0.25) is 0 Å². The number of piperidine rings is 1. The number of hydrogen-bond donors (Lipinski definition) is 1. The van der Waals surface area contributed by atoms with Gasteiger partial charge in [0.25, 0.3) is 0 Å². The third kappa shape index (κ3) is 2.18. The van der Waals surface area contributed by atoms with Gasteiger partial charge in [0.1, 0.15) is 5.60 Å². The highest BCUT2D eigenvalue weighted by Gasteiger charge is 2.38. The van der Waals surface area contributed by atoms with Crippen molar-refractivity contribution in [3.05, 3.63) is 0 Å². The Kier molecular flexibility index (Phi) is 2.75. The molecular weight excluding hydrogens is 198 g/mol. The molecule has 2 amide bonds. The van der Waals surface area contributed by atoms with Crippen LogP contribution in [0.1, 0.15) is 25.7 Å². The molecule has 2 fully saturated rings. The van der Waals surface area contributed by atoms with E-state index in [-0.39, 0.29) is 25.0 Å². The van der Waals surface area contributed by atoms with Crippen LogP contribution in [0.15, 0.2) is 0 Å². The molecule has 0 aromatic rings. The minimum Gasteiger partial charge on any atom is -0.386 e. The fourth-order valence-corrected chi connectivity index (χ4v) is 1.99. The summed E-state index contributed by atoms with van der Waals surface area (Å²) in [5.74, 6) is -0.349. The van der Waals surface area contributed by atoms with Crippen molar-refractivity contribution in [3.63, 3.8) is 0 Å². The molecule has 0 saturated carbocycles. The van der Waals surface area contributed by atoms with Crippen LogP contribution < -0.4 is 0 Å². The largest absolute Gasteiger partial charge is 0.386 e. The van der Waals surface area contributed by atoms with Crippen molar-refractivity contribution in [2.24, 2.45) is 0 Å².